The third kappa shape index (κ3) is 2.85. The summed E-state index contributed by atoms with van der Waals surface area (Å²) < 4.78 is 11.2. The molecule has 16 heavy (non-hydrogen) atoms. The summed E-state index contributed by atoms with van der Waals surface area (Å²) in [5.41, 5.74) is 6.66. The molecule has 1 aromatic heterocycles. The summed E-state index contributed by atoms with van der Waals surface area (Å²) in [5, 5.41) is 0. The number of rotatable bonds is 3. The van der Waals surface area contributed by atoms with Crippen molar-refractivity contribution in [3.63, 3.8) is 0 Å². The van der Waals surface area contributed by atoms with Gasteiger partial charge in [0.15, 0.2) is 11.6 Å². The molecule has 0 spiro atoms. The van der Waals surface area contributed by atoms with E-state index in [0.29, 0.717) is 18.2 Å². The molecule has 1 fully saturated rings. The number of hydrogen-bond acceptors (Lipinski definition) is 4. The first-order chi connectivity index (χ1) is 7.75. The van der Waals surface area contributed by atoms with Gasteiger partial charge in [0.2, 0.25) is 0 Å². The second kappa shape index (κ2) is 5.16. The standard InChI is InChI=1S/C12H18N2O2/c1-9-5-6-11(12(13)14-9)16-8-10-4-2-3-7-15-10/h5-6,10H,2-4,7-8H2,1H3,(H2,13,14). The van der Waals surface area contributed by atoms with Crippen LogP contribution in [0.15, 0.2) is 12.1 Å². The molecule has 4 heteroatoms. The Balaban J connectivity index is 1.88. The molecule has 0 saturated carbocycles. The fourth-order valence-corrected chi connectivity index (χ4v) is 1.81. The highest BCUT2D eigenvalue weighted by Gasteiger charge is 2.15. The number of pyridine rings is 1. The van der Waals surface area contributed by atoms with Crippen LogP contribution in [0.3, 0.4) is 0 Å². The molecule has 4 nitrogen and oxygen atoms in total. The van der Waals surface area contributed by atoms with E-state index in [1.165, 1.54) is 6.42 Å². The van der Waals surface area contributed by atoms with E-state index in [0.717, 1.165) is 25.1 Å². The maximum Gasteiger partial charge on any atom is 0.166 e. The summed E-state index contributed by atoms with van der Waals surface area (Å²) in [4.78, 5) is 4.15. The molecule has 1 aliphatic rings. The first-order valence-electron chi connectivity index (χ1n) is 5.73. The quantitative estimate of drug-likeness (QED) is 0.848. The van der Waals surface area contributed by atoms with E-state index in [2.05, 4.69) is 4.98 Å². The summed E-state index contributed by atoms with van der Waals surface area (Å²) in [6.07, 6.45) is 3.65. The van der Waals surface area contributed by atoms with Crippen LogP contribution in [-0.2, 0) is 4.74 Å². The van der Waals surface area contributed by atoms with Gasteiger partial charge in [-0.25, -0.2) is 4.98 Å². The van der Waals surface area contributed by atoms with E-state index in [-0.39, 0.29) is 6.10 Å². The van der Waals surface area contributed by atoms with E-state index in [1.807, 2.05) is 19.1 Å². The highest BCUT2D eigenvalue weighted by molar-refractivity contribution is 5.46. The van der Waals surface area contributed by atoms with Crippen molar-refractivity contribution in [3.05, 3.63) is 17.8 Å². The van der Waals surface area contributed by atoms with Gasteiger partial charge in [-0.2, -0.15) is 0 Å². The average molecular weight is 222 g/mol. The van der Waals surface area contributed by atoms with E-state index >= 15 is 0 Å². The Morgan fingerprint density at radius 2 is 2.38 bits per heavy atom. The highest BCUT2D eigenvalue weighted by atomic mass is 16.5. The Morgan fingerprint density at radius 3 is 3.06 bits per heavy atom. The SMILES string of the molecule is Cc1ccc(OCC2CCCCO2)c(N)n1. The smallest absolute Gasteiger partial charge is 0.166 e. The van der Waals surface area contributed by atoms with Gasteiger partial charge in [0.05, 0.1) is 6.10 Å². The van der Waals surface area contributed by atoms with Crippen LogP contribution in [0.2, 0.25) is 0 Å². The maximum atomic E-state index is 5.76. The summed E-state index contributed by atoms with van der Waals surface area (Å²) in [5.74, 6) is 1.11. The maximum absolute atomic E-state index is 5.76. The molecule has 0 amide bonds. The van der Waals surface area contributed by atoms with E-state index < -0.39 is 0 Å². The van der Waals surface area contributed by atoms with Crippen molar-refractivity contribution >= 4 is 5.82 Å². The molecule has 1 unspecified atom stereocenters. The lowest BCUT2D eigenvalue weighted by molar-refractivity contribution is -0.0109. The predicted octanol–water partition coefficient (Wildman–Crippen LogP) is 1.92. The Hall–Kier alpha value is -1.29. The summed E-state index contributed by atoms with van der Waals surface area (Å²) >= 11 is 0. The monoisotopic (exact) mass is 222 g/mol. The molecule has 0 radical (unpaired) electrons. The number of aromatic nitrogens is 1. The van der Waals surface area contributed by atoms with Crippen LogP contribution in [0.5, 0.6) is 5.75 Å². The molecule has 2 rings (SSSR count). The number of ether oxygens (including phenoxy) is 2. The molecule has 1 aliphatic heterocycles. The number of nitrogen functional groups attached to an aromatic ring is 1. The van der Waals surface area contributed by atoms with E-state index in [4.69, 9.17) is 15.2 Å². The summed E-state index contributed by atoms with van der Waals surface area (Å²) in [6, 6.07) is 3.76. The topological polar surface area (TPSA) is 57.4 Å². The lowest BCUT2D eigenvalue weighted by atomic mass is 10.1. The Bertz CT molecular complexity index is 349. The number of anilines is 1. The number of nitrogens with two attached hydrogens (primary N) is 1. The van der Waals surface area contributed by atoms with Crippen LogP contribution >= 0.6 is 0 Å². The largest absolute Gasteiger partial charge is 0.487 e. The zero-order valence-corrected chi connectivity index (χ0v) is 9.61. The Morgan fingerprint density at radius 1 is 1.50 bits per heavy atom. The molecule has 1 saturated heterocycles. The van der Waals surface area contributed by atoms with Gasteiger partial charge in [0, 0.05) is 12.3 Å². The molecule has 0 aromatic carbocycles. The first-order valence-corrected chi connectivity index (χ1v) is 5.73. The highest BCUT2D eigenvalue weighted by Crippen LogP contribution is 2.20. The fourth-order valence-electron chi connectivity index (χ4n) is 1.81. The van der Waals surface area contributed by atoms with Gasteiger partial charge in [0.1, 0.15) is 6.61 Å². The number of hydrogen-bond donors (Lipinski definition) is 1. The van der Waals surface area contributed by atoms with Crippen LogP contribution in [0.4, 0.5) is 5.82 Å². The fraction of sp³-hybridized carbons (Fsp3) is 0.583. The van der Waals surface area contributed by atoms with Crippen molar-refractivity contribution in [1.29, 1.82) is 0 Å². The van der Waals surface area contributed by atoms with Gasteiger partial charge in [0.25, 0.3) is 0 Å². The minimum Gasteiger partial charge on any atom is -0.487 e. The van der Waals surface area contributed by atoms with Crippen molar-refractivity contribution in [3.8, 4) is 5.75 Å². The van der Waals surface area contributed by atoms with E-state index in [9.17, 15) is 0 Å². The van der Waals surface area contributed by atoms with Crippen molar-refractivity contribution in [1.82, 2.24) is 4.98 Å². The van der Waals surface area contributed by atoms with Crippen molar-refractivity contribution in [2.24, 2.45) is 0 Å². The zero-order chi connectivity index (χ0) is 11.4. The van der Waals surface area contributed by atoms with E-state index in [1.54, 1.807) is 0 Å². The van der Waals surface area contributed by atoms with Crippen LogP contribution in [-0.4, -0.2) is 24.3 Å². The molecule has 0 aliphatic carbocycles. The van der Waals surface area contributed by atoms with Crippen LogP contribution < -0.4 is 10.5 Å². The molecule has 1 atom stereocenters. The van der Waals surface area contributed by atoms with Gasteiger partial charge >= 0.3 is 0 Å². The second-order valence-electron chi connectivity index (χ2n) is 4.14. The first kappa shape index (κ1) is 11.2. The third-order valence-corrected chi connectivity index (χ3v) is 2.72. The van der Waals surface area contributed by atoms with Gasteiger partial charge in [-0.15, -0.1) is 0 Å². The predicted molar refractivity (Wildman–Crippen MR) is 62.5 cm³/mol. The minimum absolute atomic E-state index is 0.203. The van der Waals surface area contributed by atoms with Crippen LogP contribution in [0, 0.1) is 6.92 Å². The van der Waals surface area contributed by atoms with Crippen molar-refractivity contribution < 1.29 is 9.47 Å². The van der Waals surface area contributed by atoms with Crippen molar-refractivity contribution in [2.75, 3.05) is 18.9 Å². The lowest BCUT2D eigenvalue weighted by Crippen LogP contribution is -2.26. The molecule has 2 N–H and O–H groups in total. The van der Waals surface area contributed by atoms with Gasteiger partial charge in [-0.1, -0.05) is 0 Å². The Kier molecular flexibility index (Phi) is 3.62. The molecule has 2 heterocycles. The molecular formula is C12H18N2O2. The zero-order valence-electron chi connectivity index (χ0n) is 9.61. The van der Waals surface area contributed by atoms with Gasteiger partial charge < -0.3 is 15.2 Å². The third-order valence-electron chi connectivity index (χ3n) is 2.72. The molecular weight excluding hydrogens is 204 g/mol. The molecule has 0 bridgehead atoms. The van der Waals surface area contributed by atoms with Crippen LogP contribution in [0.25, 0.3) is 0 Å². The summed E-state index contributed by atoms with van der Waals surface area (Å²) in [6.45, 7) is 3.31. The average Bonchev–Trinajstić information content (AvgIpc) is 2.29. The van der Waals surface area contributed by atoms with Crippen LogP contribution in [0.1, 0.15) is 25.0 Å². The Labute approximate surface area is 95.8 Å². The molecule has 1 aromatic rings. The summed E-state index contributed by atoms with van der Waals surface area (Å²) in [7, 11) is 0. The van der Waals surface area contributed by atoms with Crippen molar-refractivity contribution in [2.45, 2.75) is 32.3 Å². The van der Waals surface area contributed by atoms with Gasteiger partial charge in [-0.05, 0) is 38.3 Å². The second-order valence-corrected chi connectivity index (χ2v) is 4.14. The number of nitrogens with zero attached hydrogens (tertiary/aromatic N) is 1. The number of aryl methyl sites for hydroxylation is 1. The normalized spacial score (nSPS) is 20.7. The van der Waals surface area contributed by atoms with Gasteiger partial charge in [-0.3, -0.25) is 0 Å². The lowest BCUT2D eigenvalue weighted by Gasteiger charge is -2.22. The molecule has 88 valence electrons. The minimum atomic E-state index is 0.203.